The van der Waals surface area contributed by atoms with Crippen LogP contribution in [0.4, 0.5) is 5.69 Å². The number of benzene rings is 1. The number of para-hydroxylation sites is 1. The standard InChI is InChI=1S/C12H14ClNO3/c1-8-6-14(11(15)7-16-2)10-5-3-4-9(13)12(10)17-8/h3-5,8H,6-7H2,1-2H3/t8-/m0/s1. The summed E-state index contributed by atoms with van der Waals surface area (Å²) < 4.78 is 10.5. The van der Waals surface area contributed by atoms with Crippen molar-refractivity contribution >= 4 is 23.2 Å². The van der Waals surface area contributed by atoms with Gasteiger partial charge in [-0.05, 0) is 19.1 Å². The highest BCUT2D eigenvalue weighted by molar-refractivity contribution is 6.32. The van der Waals surface area contributed by atoms with Gasteiger partial charge in [-0.1, -0.05) is 17.7 Å². The first-order valence-corrected chi connectivity index (χ1v) is 5.75. The van der Waals surface area contributed by atoms with E-state index in [0.29, 0.717) is 23.0 Å². The lowest BCUT2D eigenvalue weighted by Gasteiger charge is -2.33. The van der Waals surface area contributed by atoms with Crippen LogP contribution in [0.25, 0.3) is 0 Å². The third-order valence-electron chi connectivity index (χ3n) is 2.56. The fraction of sp³-hybridized carbons (Fsp3) is 0.417. The summed E-state index contributed by atoms with van der Waals surface area (Å²) in [5.74, 6) is 0.475. The lowest BCUT2D eigenvalue weighted by atomic mass is 10.2. The second kappa shape index (κ2) is 4.94. The van der Waals surface area contributed by atoms with Gasteiger partial charge >= 0.3 is 0 Å². The molecule has 0 aromatic heterocycles. The molecule has 0 saturated carbocycles. The molecule has 1 aromatic carbocycles. The molecule has 92 valence electrons. The Hall–Kier alpha value is -1.26. The monoisotopic (exact) mass is 255 g/mol. The van der Waals surface area contributed by atoms with Crippen LogP contribution in [0.15, 0.2) is 18.2 Å². The molecular formula is C12H14ClNO3. The van der Waals surface area contributed by atoms with Gasteiger partial charge in [0.15, 0.2) is 5.75 Å². The molecule has 1 aliphatic heterocycles. The van der Waals surface area contributed by atoms with E-state index in [1.54, 1.807) is 17.0 Å². The average Bonchev–Trinajstić information content (AvgIpc) is 2.30. The van der Waals surface area contributed by atoms with Crippen LogP contribution in [0.2, 0.25) is 5.02 Å². The number of carbonyl (C=O) groups excluding carboxylic acids is 1. The Bertz CT molecular complexity index is 436. The highest BCUT2D eigenvalue weighted by Crippen LogP contribution is 2.39. The number of amides is 1. The molecule has 4 nitrogen and oxygen atoms in total. The topological polar surface area (TPSA) is 38.8 Å². The highest BCUT2D eigenvalue weighted by Gasteiger charge is 2.28. The van der Waals surface area contributed by atoms with Crippen LogP contribution in [0.3, 0.4) is 0 Å². The largest absolute Gasteiger partial charge is 0.485 e. The minimum atomic E-state index is -0.0915. The lowest BCUT2D eigenvalue weighted by Crippen LogP contribution is -2.43. The summed E-state index contributed by atoms with van der Waals surface area (Å²) in [5.41, 5.74) is 0.706. The first-order valence-electron chi connectivity index (χ1n) is 5.38. The Morgan fingerprint density at radius 2 is 2.41 bits per heavy atom. The predicted molar refractivity (Wildman–Crippen MR) is 65.8 cm³/mol. The van der Waals surface area contributed by atoms with E-state index < -0.39 is 0 Å². The van der Waals surface area contributed by atoms with Crippen molar-refractivity contribution in [2.45, 2.75) is 13.0 Å². The van der Waals surface area contributed by atoms with E-state index in [2.05, 4.69) is 0 Å². The van der Waals surface area contributed by atoms with Crippen LogP contribution in [-0.2, 0) is 9.53 Å². The fourth-order valence-electron chi connectivity index (χ4n) is 1.86. The molecule has 1 amide bonds. The molecule has 0 N–H and O–H groups in total. The zero-order valence-corrected chi connectivity index (χ0v) is 10.5. The Balaban J connectivity index is 2.37. The molecule has 17 heavy (non-hydrogen) atoms. The maximum atomic E-state index is 11.9. The van der Waals surface area contributed by atoms with Gasteiger partial charge in [0.2, 0.25) is 0 Å². The van der Waals surface area contributed by atoms with E-state index in [0.717, 1.165) is 0 Å². The van der Waals surface area contributed by atoms with Crippen molar-refractivity contribution in [2.24, 2.45) is 0 Å². The number of halogens is 1. The quantitative estimate of drug-likeness (QED) is 0.812. The number of nitrogens with zero attached hydrogens (tertiary/aromatic N) is 1. The van der Waals surface area contributed by atoms with Gasteiger partial charge in [0.1, 0.15) is 12.7 Å². The van der Waals surface area contributed by atoms with Gasteiger partial charge in [-0.2, -0.15) is 0 Å². The zero-order valence-electron chi connectivity index (χ0n) is 9.77. The van der Waals surface area contributed by atoms with Crippen LogP contribution >= 0.6 is 11.6 Å². The van der Waals surface area contributed by atoms with Crippen molar-refractivity contribution in [2.75, 3.05) is 25.2 Å². The Kier molecular flexibility index (Phi) is 3.54. The SMILES string of the molecule is COCC(=O)N1C[C@H](C)Oc2c(Cl)cccc21. The molecule has 5 heteroatoms. The van der Waals surface area contributed by atoms with Crippen molar-refractivity contribution in [1.29, 1.82) is 0 Å². The molecule has 1 aliphatic rings. The maximum Gasteiger partial charge on any atom is 0.253 e. The second-order valence-corrected chi connectivity index (χ2v) is 4.36. The summed E-state index contributed by atoms with van der Waals surface area (Å²) in [6.07, 6.45) is -0.0804. The van der Waals surface area contributed by atoms with E-state index in [9.17, 15) is 4.79 Å². The number of ether oxygens (including phenoxy) is 2. The number of rotatable bonds is 2. The van der Waals surface area contributed by atoms with Gasteiger partial charge in [0.05, 0.1) is 17.3 Å². The van der Waals surface area contributed by atoms with E-state index in [4.69, 9.17) is 21.1 Å². The molecule has 2 rings (SSSR count). The summed E-state index contributed by atoms with van der Waals surface area (Å²) in [7, 11) is 1.50. The summed E-state index contributed by atoms with van der Waals surface area (Å²) in [6, 6.07) is 5.37. The third-order valence-corrected chi connectivity index (χ3v) is 2.86. The van der Waals surface area contributed by atoms with Gasteiger partial charge in [-0.3, -0.25) is 4.79 Å². The number of hydrogen-bond acceptors (Lipinski definition) is 3. The van der Waals surface area contributed by atoms with Gasteiger partial charge in [-0.25, -0.2) is 0 Å². The van der Waals surface area contributed by atoms with Gasteiger partial charge in [0.25, 0.3) is 5.91 Å². The Morgan fingerprint density at radius 1 is 1.65 bits per heavy atom. The first kappa shape index (κ1) is 12.2. The molecule has 1 heterocycles. The highest BCUT2D eigenvalue weighted by atomic mass is 35.5. The van der Waals surface area contributed by atoms with E-state index >= 15 is 0 Å². The molecule has 0 fully saturated rings. The molecule has 1 atom stereocenters. The minimum absolute atomic E-state index is 0.0542. The first-order chi connectivity index (χ1) is 8.13. The van der Waals surface area contributed by atoms with Crippen LogP contribution < -0.4 is 9.64 Å². The average molecular weight is 256 g/mol. The fourth-order valence-corrected chi connectivity index (χ4v) is 2.07. The van der Waals surface area contributed by atoms with E-state index in [-0.39, 0.29) is 18.6 Å². The summed E-state index contributed by atoms with van der Waals surface area (Å²) in [5, 5.41) is 0.518. The smallest absolute Gasteiger partial charge is 0.253 e. The van der Waals surface area contributed by atoms with Gasteiger partial charge in [0, 0.05) is 7.11 Å². The molecular weight excluding hydrogens is 242 g/mol. The molecule has 0 bridgehead atoms. The maximum absolute atomic E-state index is 11.9. The number of anilines is 1. The molecule has 0 spiro atoms. The van der Waals surface area contributed by atoms with Crippen LogP contribution in [0, 0.1) is 0 Å². The number of hydrogen-bond donors (Lipinski definition) is 0. The van der Waals surface area contributed by atoms with E-state index in [1.165, 1.54) is 7.11 Å². The Morgan fingerprint density at radius 3 is 3.12 bits per heavy atom. The van der Waals surface area contributed by atoms with Gasteiger partial charge in [-0.15, -0.1) is 0 Å². The summed E-state index contributed by atoms with van der Waals surface area (Å²) >= 11 is 6.06. The molecule has 0 aliphatic carbocycles. The van der Waals surface area contributed by atoms with Crippen LogP contribution in [0.5, 0.6) is 5.75 Å². The number of fused-ring (bicyclic) bond motifs is 1. The van der Waals surface area contributed by atoms with Crippen molar-refractivity contribution in [3.05, 3.63) is 23.2 Å². The third kappa shape index (κ3) is 2.37. The van der Waals surface area contributed by atoms with Crippen molar-refractivity contribution in [3.8, 4) is 5.75 Å². The van der Waals surface area contributed by atoms with Crippen molar-refractivity contribution in [1.82, 2.24) is 0 Å². The van der Waals surface area contributed by atoms with E-state index in [1.807, 2.05) is 13.0 Å². The lowest BCUT2D eigenvalue weighted by molar-refractivity contribution is -0.122. The van der Waals surface area contributed by atoms with Crippen molar-refractivity contribution in [3.63, 3.8) is 0 Å². The van der Waals surface area contributed by atoms with Crippen LogP contribution in [-0.4, -0.2) is 32.3 Å². The molecule has 0 saturated heterocycles. The minimum Gasteiger partial charge on any atom is -0.485 e. The van der Waals surface area contributed by atoms with Crippen LogP contribution in [0.1, 0.15) is 6.92 Å². The number of carbonyl (C=O) groups is 1. The summed E-state index contributed by atoms with van der Waals surface area (Å²) in [4.78, 5) is 13.6. The normalized spacial score (nSPS) is 18.5. The molecule has 0 unspecified atom stereocenters. The molecule has 0 radical (unpaired) electrons. The van der Waals surface area contributed by atoms with Gasteiger partial charge < -0.3 is 14.4 Å². The summed E-state index contributed by atoms with van der Waals surface area (Å²) in [6.45, 7) is 2.47. The zero-order chi connectivity index (χ0) is 12.4. The Labute approximate surface area is 105 Å². The second-order valence-electron chi connectivity index (χ2n) is 3.95. The predicted octanol–water partition coefficient (Wildman–Crippen LogP) is 2.10. The molecule has 1 aromatic rings. The van der Waals surface area contributed by atoms with Crippen molar-refractivity contribution < 1.29 is 14.3 Å². The number of methoxy groups -OCH3 is 1.